The van der Waals surface area contributed by atoms with Crippen LogP contribution in [0.25, 0.3) is 5.69 Å². The second-order valence-electron chi connectivity index (χ2n) is 8.01. The smallest absolute Gasteiger partial charge is 0.416 e. The first-order chi connectivity index (χ1) is 15.6. The van der Waals surface area contributed by atoms with Crippen LogP contribution < -0.4 is 0 Å². The molecule has 0 amide bonds. The number of aromatic nitrogens is 2. The van der Waals surface area contributed by atoms with Crippen molar-refractivity contribution < 1.29 is 23.1 Å². The number of aryl methyl sites for hydroxylation is 3. The van der Waals surface area contributed by atoms with Crippen molar-refractivity contribution in [2.24, 2.45) is 0 Å². The van der Waals surface area contributed by atoms with Gasteiger partial charge in [0.15, 0.2) is 0 Å². The average Bonchev–Trinajstić information content (AvgIpc) is 3.17. The summed E-state index contributed by atoms with van der Waals surface area (Å²) in [5.74, 6) is -0.810. The van der Waals surface area contributed by atoms with Gasteiger partial charge in [-0.1, -0.05) is 19.4 Å². The molecule has 4 nitrogen and oxygen atoms in total. The Bertz CT molecular complexity index is 1110. The molecule has 0 radical (unpaired) electrons. The predicted molar refractivity (Wildman–Crippen MR) is 124 cm³/mol. The molecule has 33 heavy (non-hydrogen) atoms. The van der Waals surface area contributed by atoms with Gasteiger partial charge in [-0.05, 0) is 74.2 Å². The van der Waals surface area contributed by atoms with Crippen molar-refractivity contribution in [3.8, 4) is 5.69 Å². The molecule has 0 aliphatic carbocycles. The van der Waals surface area contributed by atoms with Gasteiger partial charge in [0.25, 0.3) is 0 Å². The van der Waals surface area contributed by atoms with Gasteiger partial charge < -0.3 is 5.11 Å². The summed E-state index contributed by atoms with van der Waals surface area (Å²) in [6.45, 7) is 6.14. The van der Waals surface area contributed by atoms with E-state index in [9.17, 15) is 18.0 Å². The van der Waals surface area contributed by atoms with Crippen LogP contribution in [0.1, 0.15) is 59.9 Å². The summed E-state index contributed by atoms with van der Waals surface area (Å²) in [7, 11) is 0. The molecule has 1 heterocycles. The molecule has 0 aliphatic heterocycles. The highest BCUT2D eigenvalue weighted by atomic mass is 32.2. The Morgan fingerprint density at radius 2 is 1.85 bits per heavy atom. The number of rotatable bonds is 9. The number of carbonyl (C=O) groups is 1. The van der Waals surface area contributed by atoms with Crippen LogP contribution in [-0.2, 0) is 23.8 Å². The number of carboxylic acid groups (broad SMARTS) is 1. The second-order valence-corrected chi connectivity index (χ2v) is 9.43. The van der Waals surface area contributed by atoms with Crippen molar-refractivity contribution in [3.63, 3.8) is 0 Å². The van der Waals surface area contributed by atoms with Crippen LogP contribution in [0, 0.1) is 6.92 Å². The Balaban J connectivity index is 1.81. The number of alkyl halides is 3. The highest BCUT2D eigenvalue weighted by Crippen LogP contribution is 2.38. The molecule has 0 spiro atoms. The zero-order valence-corrected chi connectivity index (χ0v) is 19.6. The van der Waals surface area contributed by atoms with Crippen LogP contribution in [0.5, 0.6) is 0 Å². The Kier molecular flexibility index (Phi) is 7.89. The largest absolute Gasteiger partial charge is 0.481 e. The molecule has 0 saturated carbocycles. The van der Waals surface area contributed by atoms with Crippen molar-refractivity contribution in [1.82, 2.24) is 9.78 Å². The third-order valence-corrected chi connectivity index (χ3v) is 6.58. The number of aliphatic carboxylic acids is 1. The van der Waals surface area contributed by atoms with Crippen LogP contribution in [-0.4, -0.2) is 20.9 Å². The van der Waals surface area contributed by atoms with E-state index in [-0.39, 0.29) is 11.7 Å². The molecule has 3 aromatic rings. The van der Waals surface area contributed by atoms with Crippen molar-refractivity contribution >= 4 is 17.7 Å². The topological polar surface area (TPSA) is 55.1 Å². The third kappa shape index (κ3) is 6.41. The normalized spacial score (nSPS) is 12.7. The second kappa shape index (κ2) is 10.5. The molecule has 0 aliphatic rings. The molecule has 0 saturated heterocycles. The van der Waals surface area contributed by atoms with E-state index >= 15 is 0 Å². The van der Waals surface area contributed by atoms with E-state index in [4.69, 9.17) is 5.11 Å². The van der Waals surface area contributed by atoms with Crippen LogP contribution in [0.4, 0.5) is 13.2 Å². The highest BCUT2D eigenvalue weighted by Gasteiger charge is 2.30. The lowest BCUT2D eigenvalue weighted by Gasteiger charge is -2.13. The number of benzene rings is 2. The minimum absolute atomic E-state index is 0.0824. The van der Waals surface area contributed by atoms with Crippen molar-refractivity contribution in [2.75, 3.05) is 0 Å². The van der Waals surface area contributed by atoms with Gasteiger partial charge in [0, 0.05) is 28.3 Å². The third-order valence-electron chi connectivity index (χ3n) is 5.44. The molecular weight excluding hydrogens is 449 g/mol. The first-order valence-corrected chi connectivity index (χ1v) is 11.7. The van der Waals surface area contributed by atoms with Gasteiger partial charge in [0.1, 0.15) is 0 Å². The standard InChI is InChI=1S/C25H27F3N2O2S/c1-4-5-23-22(15-30(29-23)20-10-8-19(9-11-20)25(26,27)28)17(3)33-21-12-6-18(16(2)14-21)7-13-24(31)32/h6,8-12,14-15,17H,4-5,7,13H2,1-3H3,(H,31,32). The number of hydrogen-bond donors (Lipinski definition) is 1. The lowest BCUT2D eigenvalue weighted by atomic mass is 10.0. The minimum Gasteiger partial charge on any atom is -0.481 e. The first-order valence-electron chi connectivity index (χ1n) is 10.8. The lowest BCUT2D eigenvalue weighted by molar-refractivity contribution is -0.138. The maximum Gasteiger partial charge on any atom is 0.416 e. The molecule has 1 N–H and O–H groups in total. The summed E-state index contributed by atoms with van der Waals surface area (Å²) in [4.78, 5) is 11.9. The fraction of sp³-hybridized carbons (Fsp3) is 0.360. The van der Waals surface area contributed by atoms with E-state index in [2.05, 4.69) is 25.0 Å². The maximum atomic E-state index is 12.9. The molecule has 1 atom stereocenters. The lowest BCUT2D eigenvalue weighted by Crippen LogP contribution is -2.05. The van der Waals surface area contributed by atoms with E-state index in [0.29, 0.717) is 12.1 Å². The number of nitrogens with zero attached hydrogens (tertiary/aromatic N) is 2. The Morgan fingerprint density at radius 1 is 1.15 bits per heavy atom. The summed E-state index contributed by atoms with van der Waals surface area (Å²) in [5, 5.41) is 13.7. The predicted octanol–water partition coefficient (Wildman–Crippen LogP) is 7.02. The van der Waals surface area contributed by atoms with Gasteiger partial charge in [0.05, 0.1) is 16.9 Å². The fourth-order valence-electron chi connectivity index (χ4n) is 3.66. The SMILES string of the molecule is CCCc1nn(-c2ccc(C(F)(F)F)cc2)cc1C(C)Sc1ccc(CCC(=O)O)c(C)c1. The maximum absolute atomic E-state index is 12.9. The Morgan fingerprint density at radius 3 is 2.42 bits per heavy atom. The fourth-order valence-corrected chi connectivity index (χ4v) is 4.78. The monoisotopic (exact) mass is 476 g/mol. The summed E-state index contributed by atoms with van der Waals surface area (Å²) in [6, 6.07) is 11.1. The van der Waals surface area contributed by atoms with E-state index in [0.717, 1.165) is 52.3 Å². The van der Waals surface area contributed by atoms with Crippen LogP contribution in [0.3, 0.4) is 0 Å². The van der Waals surface area contributed by atoms with Gasteiger partial charge in [-0.2, -0.15) is 18.3 Å². The average molecular weight is 477 g/mol. The van der Waals surface area contributed by atoms with E-state index in [1.165, 1.54) is 12.1 Å². The van der Waals surface area contributed by atoms with Gasteiger partial charge in [-0.3, -0.25) is 4.79 Å². The van der Waals surface area contributed by atoms with Crippen LogP contribution in [0.15, 0.2) is 53.6 Å². The molecule has 176 valence electrons. The molecule has 3 rings (SSSR count). The van der Waals surface area contributed by atoms with Gasteiger partial charge >= 0.3 is 12.1 Å². The number of thioether (sulfide) groups is 1. The molecule has 1 aromatic heterocycles. The molecule has 2 aromatic carbocycles. The van der Waals surface area contributed by atoms with Crippen LogP contribution in [0.2, 0.25) is 0 Å². The van der Waals surface area contributed by atoms with Crippen molar-refractivity contribution in [2.45, 2.75) is 62.8 Å². The summed E-state index contributed by atoms with van der Waals surface area (Å²) in [6.07, 6.45) is -0.171. The first kappa shape index (κ1) is 24.9. The molecular formula is C25H27F3N2O2S. The minimum atomic E-state index is -4.37. The Hall–Kier alpha value is -2.74. The van der Waals surface area contributed by atoms with Crippen LogP contribution >= 0.6 is 11.8 Å². The summed E-state index contributed by atoms with van der Waals surface area (Å²) >= 11 is 1.68. The van der Waals surface area contributed by atoms with E-state index < -0.39 is 17.7 Å². The summed E-state index contributed by atoms with van der Waals surface area (Å²) in [5.41, 5.74) is 3.97. The molecule has 8 heteroatoms. The summed E-state index contributed by atoms with van der Waals surface area (Å²) < 4.78 is 40.3. The zero-order chi connectivity index (χ0) is 24.2. The van der Waals surface area contributed by atoms with Crippen molar-refractivity contribution in [3.05, 3.63) is 76.6 Å². The zero-order valence-electron chi connectivity index (χ0n) is 18.8. The van der Waals surface area contributed by atoms with Crippen molar-refractivity contribution in [1.29, 1.82) is 0 Å². The van der Waals surface area contributed by atoms with E-state index in [1.54, 1.807) is 16.4 Å². The van der Waals surface area contributed by atoms with Gasteiger partial charge in [-0.15, -0.1) is 11.8 Å². The molecule has 0 fully saturated rings. The highest BCUT2D eigenvalue weighted by molar-refractivity contribution is 7.99. The number of hydrogen-bond acceptors (Lipinski definition) is 3. The molecule has 0 bridgehead atoms. The number of halogens is 3. The van der Waals surface area contributed by atoms with Gasteiger partial charge in [0.2, 0.25) is 0 Å². The van der Waals surface area contributed by atoms with Gasteiger partial charge in [-0.25, -0.2) is 4.68 Å². The van der Waals surface area contributed by atoms with E-state index in [1.807, 2.05) is 25.3 Å². The molecule has 1 unspecified atom stereocenters. The number of carboxylic acids is 1. The Labute approximate surface area is 195 Å². The quantitative estimate of drug-likeness (QED) is 0.337.